The number of hydrogen-bond acceptors (Lipinski definition) is 2. The number of allylic oxidation sites excluding steroid dienone is 1. The molecule has 0 aromatic heterocycles. The van der Waals surface area contributed by atoms with Crippen LogP contribution in [0, 0.1) is 0 Å². The van der Waals surface area contributed by atoms with E-state index in [0.29, 0.717) is 0 Å². The molecule has 1 aliphatic carbocycles. The number of halogens is 3. The first kappa shape index (κ1) is 14.9. The smallest absolute Gasteiger partial charge is 0.301 e. The van der Waals surface area contributed by atoms with E-state index < -0.39 is 11.7 Å². The van der Waals surface area contributed by atoms with Crippen molar-refractivity contribution in [1.29, 1.82) is 0 Å². The van der Waals surface area contributed by atoms with Crippen LogP contribution in [0.1, 0.15) is 39.5 Å². The lowest BCUT2D eigenvalue weighted by Crippen LogP contribution is -2.53. The van der Waals surface area contributed by atoms with Gasteiger partial charge in [0.2, 0.25) is 0 Å². The fraction of sp³-hybridized carbons (Fsp3) is 0.857. The third-order valence-electron chi connectivity index (χ3n) is 4.12. The van der Waals surface area contributed by atoms with Gasteiger partial charge in [-0.25, -0.2) is 0 Å². The first-order valence-electron chi connectivity index (χ1n) is 7.02. The summed E-state index contributed by atoms with van der Waals surface area (Å²) in [6, 6.07) is 0.0204. The van der Waals surface area contributed by atoms with E-state index >= 15 is 0 Å². The Labute approximate surface area is 113 Å². The van der Waals surface area contributed by atoms with Crippen molar-refractivity contribution >= 4 is 0 Å². The first-order valence-corrected chi connectivity index (χ1v) is 7.02. The zero-order chi connectivity index (χ0) is 14.1. The molecule has 0 radical (unpaired) electrons. The van der Waals surface area contributed by atoms with Crippen LogP contribution in [0.15, 0.2) is 11.6 Å². The van der Waals surface area contributed by atoms with Gasteiger partial charge in [0, 0.05) is 12.6 Å². The van der Waals surface area contributed by atoms with E-state index in [9.17, 15) is 13.2 Å². The van der Waals surface area contributed by atoms with Gasteiger partial charge in [0.05, 0.1) is 0 Å². The van der Waals surface area contributed by atoms with Gasteiger partial charge in [0.1, 0.15) is 5.54 Å². The Hall–Kier alpha value is -0.550. The quantitative estimate of drug-likeness (QED) is 0.794. The van der Waals surface area contributed by atoms with Crippen LogP contribution in [0.25, 0.3) is 0 Å². The molecule has 2 aliphatic rings. The third kappa shape index (κ3) is 3.72. The highest BCUT2D eigenvalue weighted by Crippen LogP contribution is 2.49. The van der Waals surface area contributed by atoms with Crippen LogP contribution >= 0.6 is 0 Å². The number of likely N-dealkylation sites (tertiary alicyclic amines) is 1. The molecule has 1 saturated heterocycles. The van der Waals surface area contributed by atoms with Crippen LogP contribution in [0.4, 0.5) is 13.2 Å². The molecule has 1 saturated carbocycles. The van der Waals surface area contributed by atoms with Crippen molar-refractivity contribution < 1.29 is 13.2 Å². The maximum atomic E-state index is 12.9. The largest absolute Gasteiger partial charge is 0.406 e. The van der Waals surface area contributed by atoms with Gasteiger partial charge in [-0.15, -0.1) is 0 Å². The SMILES string of the molecule is CC(C)=CCN1CCC(NC2(C(F)(F)F)CC2)CC1. The molecule has 0 atom stereocenters. The Balaban J connectivity index is 1.77. The van der Waals surface area contributed by atoms with Crippen molar-refractivity contribution in [2.75, 3.05) is 19.6 Å². The van der Waals surface area contributed by atoms with E-state index in [1.54, 1.807) is 0 Å². The molecule has 0 spiro atoms. The van der Waals surface area contributed by atoms with Crippen LogP contribution < -0.4 is 5.32 Å². The van der Waals surface area contributed by atoms with E-state index in [1.807, 2.05) is 0 Å². The lowest BCUT2D eigenvalue weighted by molar-refractivity contribution is -0.168. The third-order valence-corrected chi connectivity index (χ3v) is 4.12. The van der Waals surface area contributed by atoms with Crippen molar-refractivity contribution in [1.82, 2.24) is 10.2 Å². The van der Waals surface area contributed by atoms with Crippen molar-refractivity contribution in [3.05, 3.63) is 11.6 Å². The standard InChI is InChI=1S/C14H23F3N2/c1-11(2)3-8-19-9-4-12(5-10-19)18-13(6-7-13)14(15,16)17/h3,12,18H,4-10H2,1-2H3. The average Bonchev–Trinajstić information content (AvgIpc) is 3.08. The van der Waals surface area contributed by atoms with E-state index in [0.717, 1.165) is 32.5 Å². The second-order valence-electron chi connectivity index (χ2n) is 6.08. The van der Waals surface area contributed by atoms with Crippen molar-refractivity contribution in [2.24, 2.45) is 0 Å². The van der Waals surface area contributed by atoms with Gasteiger partial charge >= 0.3 is 6.18 Å². The monoisotopic (exact) mass is 276 g/mol. The summed E-state index contributed by atoms with van der Waals surface area (Å²) >= 11 is 0. The highest BCUT2D eigenvalue weighted by atomic mass is 19.4. The van der Waals surface area contributed by atoms with Crippen LogP contribution in [0.5, 0.6) is 0 Å². The summed E-state index contributed by atoms with van der Waals surface area (Å²) in [6.45, 7) is 6.81. The fourth-order valence-electron chi connectivity index (χ4n) is 2.60. The fourth-order valence-corrected chi connectivity index (χ4v) is 2.60. The van der Waals surface area contributed by atoms with Crippen LogP contribution in [0.3, 0.4) is 0 Å². The molecule has 0 unspecified atom stereocenters. The molecule has 110 valence electrons. The summed E-state index contributed by atoms with van der Waals surface area (Å²) in [6.07, 6.45) is 0.198. The summed E-state index contributed by atoms with van der Waals surface area (Å²) in [4.78, 5) is 2.30. The zero-order valence-corrected chi connectivity index (χ0v) is 11.7. The second kappa shape index (κ2) is 5.44. The molecule has 1 aliphatic heterocycles. The van der Waals surface area contributed by atoms with Crippen LogP contribution in [0.2, 0.25) is 0 Å². The van der Waals surface area contributed by atoms with Crippen LogP contribution in [-0.2, 0) is 0 Å². The van der Waals surface area contributed by atoms with Crippen LogP contribution in [-0.4, -0.2) is 42.3 Å². The molecular weight excluding hydrogens is 253 g/mol. The number of nitrogens with one attached hydrogen (secondary N) is 1. The lowest BCUT2D eigenvalue weighted by atomic mass is 10.0. The summed E-state index contributed by atoms with van der Waals surface area (Å²) in [5.41, 5.74) is -0.269. The zero-order valence-electron chi connectivity index (χ0n) is 11.7. The topological polar surface area (TPSA) is 15.3 Å². The number of nitrogens with zero attached hydrogens (tertiary/aromatic N) is 1. The molecular formula is C14H23F3N2. The van der Waals surface area contributed by atoms with Gasteiger partial charge < -0.3 is 5.32 Å². The molecule has 2 rings (SSSR count). The second-order valence-corrected chi connectivity index (χ2v) is 6.08. The van der Waals surface area contributed by atoms with Gasteiger partial charge in [-0.05, 0) is 52.6 Å². The highest BCUT2D eigenvalue weighted by molar-refractivity contribution is 5.09. The molecule has 1 N–H and O–H groups in total. The molecule has 2 fully saturated rings. The molecule has 1 heterocycles. The molecule has 19 heavy (non-hydrogen) atoms. The summed E-state index contributed by atoms with van der Waals surface area (Å²) in [7, 11) is 0. The minimum absolute atomic E-state index is 0.0204. The Morgan fingerprint density at radius 1 is 1.26 bits per heavy atom. The van der Waals surface area contributed by atoms with Crippen molar-refractivity contribution in [3.63, 3.8) is 0 Å². The summed E-state index contributed by atoms with van der Waals surface area (Å²) in [5, 5.41) is 2.86. The van der Waals surface area contributed by atoms with Crippen molar-refractivity contribution in [2.45, 2.75) is 57.3 Å². The Kier molecular flexibility index (Phi) is 4.26. The predicted octanol–water partition coefficient (Wildman–Crippen LogP) is 3.10. The van der Waals surface area contributed by atoms with Gasteiger partial charge in [0.25, 0.3) is 0 Å². The Morgan fingerprint density at radius 2 is 1.84 bits per heavy atom. The minimum atomic E-state index is -4.09. The molecule has 2 nitrogen and oxygen atoms in total. The highest BCUT2D eigenvalue weighted by Gasteiger charge is 2.63. The van der Waals surface area contributed by atoms with E-state index in [4.69, 9.17) is 0 Å². The minimum Gasteiger partial charge on any atom is -0.301 e. The summed E-state index contributed by atoms with van der Waals surface area (Å²) in [5.74, 6) is 0. The van der Waals surface area contributed by atoms with E-state index in [-0.39, 0.29) is 18.9 Å². The number of hydrogen-bond donors (Lipinski definition) is 1. The molecule has 0 amide bonds. The lowest BCUT2D eigenvalue weighted by Gasteiger charge is -2.34. The molecule has 5 heteroatoms. The maximum Gasteiger partial charge on any atom is 0.406 e. The van der Waals surface area contributed by atoms with Gasteiger partial charge in [-0.1, -0.05) is 11.6 Å². The maximum absolute atomic E-state index is 12.9. The molecule has 0 aromatic carbocycles. The number of rotatable bonds is 4. The number of piperidine rings is 1. The molecule has 0 aromatic rings. The number of alkyl halides is 3. The average molecular weight is 276 g/mol. The normalized spacial score (nSPS) is 24.3. The Bertz CT molecular complexity index is 333. The summed E-state index contributed by atoms with van der Waals surface area (Å²) < 4.78 is 38.6. The molecule has 0 bridgehead atoms. The first-order chi connectivity index (χ1) is 8.82. The van der Waals surface area contributed by atoms with Gasteiger partial charge in [-0.3, -0.25) is 4.90 Å². The Morgan fingerprint density at radius 3 is 2.26 bits per heavy atom. The predicted molar refractivity (Wildman–Crippen MR) is 70.0 cm³/mol. The van der Waals surface area contributed by atoms with Crippen molar-refractivity contribution in [3.8, 4) is 0 Å². The van der Waals surface area contributed by atoms with Gasteiger partial charge in [0.15, 0.2) is 0 Å². The van der Waals surface area contributed by atoms with E-state index in [2.05, 4.69) is 30.1 Å². The van der Waals surface area contributed by atoms with Gasteiger partial charge in [-0.2, -0.15) is 13.2 Å². The van der Waals surface area contributed by atoms with E-state index in [1.165, 1.54) is 5.57 Å².